The first-order valence-corrected chi connectivity index (χ1v) is 5.99. The molecule has 0 radical (unpaired) electrons. The molecule has 18 heavy (non-hydrogen) atoms. The van der Waals surface area contributed by atoms with E-state index in [1.807, 2.05) is 43.1 Å². The van der Waals surface area contributed by atoms with Crippen LogP contribution in [-0.4, -0.2) is 14.3 Å². The van der Waals surface area contributed by atoms with E-state index in [9.17, 15) is 0 Å². The molecule has 0 saturated heterocycles. The number of rotatable bonds is 1. The number of benzene rings is 1. The zero-order chi connectivity index (χ0) is 12.9. The second-order valence-electron chi connectivity index (χ2n) is 4.36. The van der Waals surface area contributed by atoms with Crippen LogP contribution in [0.1, 0.15) is 0 Å². The summed E-state index contributed by atoms with van der Waals surface area (Å²) >= 11 is 6.31. The summed E-state index contributed by atoms with van der Waals surface area (Å²) in [6, 6.07) is 5.87. The van der Waals surface area contributed by atoms with Crippen molar-refractivity contribution < 1.29 is 0 Å². The van der Waals surface area contributed by atoms with Gasteiger partial charge in [0.05, 0.1) is 22.6 Å². The van der Waals surface area contributed by atoms with Gasteiger partial charge < -0.3 is 10.3 Å². The molecule has 3 rings (SSSR count). The van der Waals surface area contributed by atoms with Gasteiger partial charge in [-0.05, 0) is 12.1 Å². The lowest BCUT2D eigenvalue weighted by Gasteiger charge is -2.03. The van der Waals surface area contributed by atoms with Gasteiger partial charge in [0, 0.05) is 36.8 Å². The zero-order valence-corrected chi connectivity index (χ0v) is 10.9. The topological polar surface area (TPSA) is 48.8 Å². The number of halogens is 1. The summed E-state index contributed by atoms with van der Waals surface area (Å²) in [5.41, 5.74) is 9.63. The maximum absolute atomic E-state index is 6.31. The van der Waals surface area contributed by atoms with Crippen molar-refractivity contribution in [1.29, 1.82) is 0 Å². The Bertz CT molecular complexity index is 719. The number of nitrogens with two attached hydrogens (primary N) is 1. The molecule has 0 fully saturated rings. The maximum atomic E-state index is 6.31. The average Bonchev–Trinajstić information content (AvgIpc) is 2.82. The summed E-state index contributed by atoms with van der Waals surface area (Å²) in [5.74, 6) is 0. The van der Waals surface area contributed by atoms with Gasteiger partial charge >= 0.3 is 0 Å². The molecule has 0 aliphatic carbocycles. The molecule has 0 aliphatic heterocycles. The smallest absolute Gasteiger partial charge is 0.0930 e. The van der Waals surface area contributed by atoms with Gasteiger partial charge in [0.2, 0.25) is 0 Å². The van der Waals surface area contributed by atoms with Crippen LogP contribution >= 0.6 is 11.6 Å². The normalized spacial score (nSPS) is 11.3. The highest BCUT2D eigenvalue weighted by atomic mass is 35.5. The average molecular weight is 261 g/mol. The standard InChI is InChI=1S/C13H13ClN4/c1-17-7-8(13-10(15)6-16-18(13)2)12-9(14)4-3-5-11(12)17/h3-7H,15H2,1-2H3. The molecule has 0 spiro atoms. The number of hydrogen-bond acceptors (Lipinski definition) is 2. The number of fused-ring (bicyclic) bond motifs is 1. The number of hydrogen-bond donors (Lipinski definition) is 1. The molecule has 4 nitrogen and oxygen atoms in total. The van der Waals surface area contributed by atoms with Gasteiger partial charge in [0.15, 0.2) is 0 Å². The second kappa shape index (κ2) is 3.78. The fourth-order valence-electron chi connectivity index (χ4n) is 2.36. The van der Waals surface area contributed by atoms with E-state index in [4.69, 9.17) is 17.3 Å². The summed E-state index contributed by atoms with van der Waals surface area (Å²) < 4.78 is 3.82. The van der Waals surface area contributed by atoms with Crippen LogP contribution in [0.4, 0.5) is 5.69 Å². The molecule has 0 amide bonds. The molecule has 2 N–H and O–H groups in total. The van der Waals surface area contributed by atoms with Crippen LogP contribution in [0.25, 0.3) is 22.2 Å². The van der Waals surface area contributed by atoms with E-state index >= 15 is 0 Å². The lowest BCUT2D eigenvalue weighted by atomic mass is 10.1. The van der Waals surface area contributed by atoms with Crippen molar-refractivity contribution in [2.24, 2.45) is 14.1 Å². The molecule has 2 heterocycles. The maximum Gasteiger partial charge on any atom is 0.0930 e. The second-order valence-corrected chi connectivity index (χ2v) is 4.77. The van der Waals surface area contributed by atoms with Crippen LogP contribution < -0.4 is 5.73 Å². The van der Waals surface area contributed by atoms with Crippen molar-refractivity contribution in [3.8, 4) is 11.3 Å². The summed E-state index contributed by atoms with van der Waals surface area (Å²) in [4.78, 5) is 0. The van der Waals surface area contributed by atoms with Crippen LogP contribution in [0.3, 0.4) is 0 Å². The Morgan fingerprint density at radius 2 is 2.06 bits per heavy atom. The molecule has 1 aromatic carbocycles. The van der Waals surface area contributed by atoms with Crippen LogP contribution in [0, 0.1) is 0 Å². The van der Waals surface area contributed by atoms with Crippen molar-refractivity contribution in [1.82, 2.24) is 14.3 Å². The quantitative estimate of drug-likeness (QED) is 0.731. The summed E-state index contributed by atoms with van der Waals surface area (Å²) in [6.45, 7) is 0. The van der Waals surface area contributed by atoms with Gasteiger partial charge in [-0.2, -0.15) is 5.10 Å². The van der Waals surface area contributed by atoms with E-state index in [0.29, 0.717) is 5.69 Å². The molecule has 0 atom stereocenters. The van der Waals surface area contributed by atoms with Gasteiger partial charge in [-0.3, -0.25) is 4.68 Å². The Hall–Kier alpha value is -1.94. The Morgan fingerprint density at radius 1 is 1.28 bits per heavy atom. The largest absolute Gasteiger partial charge is 0.396 e. The Morgan fingerprint density at radius 3 is 2.72 bits per heavy atom. The lowest BCUT2D eigenvalue weighted by Crippen LogP contribution is -1.95. The predicted molar refractivity (Wildman–Crippen MR) is 74.5 cm³/mol. The van der Waals surface area contributed by atoms with Crippen LogP contribution in [-0.2, 0) is 14.1 Å². The minimum absolute atomic E-state index is 0.657. The molecule has 92 valence electrons. The van der Waals surface area contributed by atoms with Crippen molar-refractivity contribution in [2.45, 2.75) is 0 Å². The van der Waals surface area contributed by atoms with E-state index in [2.05, 4.69) is 5.10 Å². The molecule has 0 aliphatic rings. The van der Waals surface area contributed by atoms with Crippen LogP contribution in [0.5, 0.6) is 0 Å². The molecule has 5 heteroatoms. The fourth-order valence-corrected chi connectivity index (χ4v) is 2.64. The van der Waals surface area contributed by atoms with Crippen LogP contribution in [0.15, 0.2) is 30.6 Å². The third-order valence-electron chi connectivity index (χ3n) is 3.19. The summed E-state index contributed by atoms with van der Waals surface area (Å²) in [6.07, 6.45) is 3.69. The third-order valence-corrected chi connectivity index (χ3v) is 3.50. The van der Waals surface area contributed by atoms with Gasteiger partial charge in [-0.25, -0.2) is 0 Å². The summed E-state index contributed by atoms with van der Waals surface area (Å²) in [5, 5.41) is 5.91. The lowest BCUT2D eigenvalue weighted by molar-refractivity contribution is 0.776. The minimum atomic E-state index is 0.657. The number of nitrogen functional groups attached to an aromatic ring is 1. The van der Waals surface area contributed by atoms with Gasteiger partial charge in [-0.15, -0.1) is 0 Å². The van der Waals surface area contributed by atoms with Gasteiger partial charge in [-0.1, -0.05) is 17.7 Å². The third kappa shape index (κ3) is 1.42. The van der Waals surface area contributed by atoms with Crippen molar-refractivity contribution in [3.05, 3.63) is 35.6 Å². The SMILES string of the molecule is Cn1ncc(N)c1-c1cn(C)c2cccc(Cl)c12. The first-order valence-electron chi connectivity index (χ1n) is 5.61. The molecule has 2 aromatic heterocycles. The predicted octanol–water partition coefficient (Wildman–Crippen LogP) is 2.81. The number of nitrogens with zero attached hydrogens (tertiary/aromatic N) is 3. The van der Waals surface area contributed by atoms with Gasteiger partial charge in [0.1, 0.15) is 0 Å². The van der Waals surface area contributed by atoms with E-state index in [0.717, 1.165) is 27.2 Å². The number of anilines is 1. The summed E-state index contributed by atoms with van der Waals surface area (Å²) in [7, 11) is 3.87. The zero-order valence-electron chi connectivity index (χ0n) is 10.2. The fraction of sp³-hybridized carbons (Fsp3) is 0.154. The van der Waals surface area contributed by atoms with E-state index in [1.54, 1.807) is 10.9 Å². The first kappa shape index (κ1) is 11.2. The number of aromatic nitrogens is 3. The monoisotopic (exact) mass is 260 g/mol. The molecule has 3 aromatic rings. The first-order chi connectivity index (χ1) is 8.59. The van der Waals surface area contributed by atoms with Gasteiger partial charge in [0.25, 0.3) is 0 Å². The molecule has 0 bridgehead atoms. The van der Waals surface area contributed by atoms with E-state index < -0.39 is 0 Å². The van der Waals surface area contributed by atoms with Crippen molar-refractivity contribution >= 4 is 28.2 Å². The van der Waals surface area contributed by atoms with Crippen molar-refractivity contribution in [3.63, 3.8) is 0 Å². The highest BCUT2D eigenvalue weighted by Gasteiger charge is 2.16. The highest BCUT2D eigenvalue weighted by Crippen LogP contribution is 2.36. The Balaban J connectivity index is 2.44. The molecular formula is C13H13ClN4. The van der Waals surface area contributed by atoms with Crippen molar-refractivity contribution in [2.75, 3.05) is 5.73 Å². The minimum Gasteiger partial charge on any atom is -0.396 e. The Kier molecular flexibility index (Phi) is 2.35. The molecular weight excluding hydrogens is 248 g/mol. The molecule has 0 unspecified atom stereocenters. The number of aryl methyl sites for hydroxylation is 2. The van der Waals surface area contributed by atoms with Crippen LogP contribution in [0.2, 0.25) is 5.02 Å². The van der Waals surface area contributed by atoms with E-state index in [1.165, 1.54) is 0 Å². The highest BCUT2D eigenvalue weighted by molar-refractivity contribution is 6.36. The Labute approximate surface area is 110 Å². The van der Waals surface area contributed by atoms with E-state index in [-0.39, 0.29) is 0 Å². The molecule has 0 saturated carbocycles.